The van der Waals surface area contributed by atoms with Crippen LogP contribution in [0.15, 0.2) is 11.0 Å². The molecule has 2 rings (SSSR count). The summed E-state index contributed by atoms with van der Waals surface area (Å²) in [4.78, 5) is 43.8. The van der Waals surface area contributed by atoms with Gasteiger partial charge >= 0.3 is 111 Å². The summed E-state index contributed by atoms with van der Waals surface area (Å²) < 4.78 is 19.8. The van der Waals surface area contributed by atoms with Gasteiger partial charge in [-0.15, -0.1) is 0 Å². The second-order valence-electron chi connectivity index (χ2n) is 4.15. The molecule has 0 aromatic carbocycles. The Morgan fingerprint density at radius 2 is 2.20 bits per heavy atom. The number of ether oxygens (including phenoxy) is 1. The second-order valence-corrected chi connectivity index (χ2v) is 5.98. The Bertz CT molecular complexity index is 679. The molecule has 6 N–H and O–H groups in total. The van der Waals surface area contributed by atoms with Gasteiger partial charge in [0.05, 0.1) is 0 Å². The summed E-state index contributed by atoms with van der Waals surface area (Å²) in [7, 11) is -4.26. The van der Waals surface area contributed by atoms with Gasteiger partial charge in [0.25, 0.3) is 0 Å². The monoisotopic (exact) mass is 308 g/mol. The van der Waals surface area contributed by atoms with Crippen LogP contribution in [-0.2, 0) is 11.3 Å². The first-order valence-corrected chi connectivity index (χ1v) is 7.62. The summed E-state index contributed by atoms with van der Waals surface area (Å²) in [6.45, 7) is 0.0643. The third-order valence-electron chi connectivity index (χ3n) is 2.47. The molecule has 0 spiro atoms. The Morgan fingerprint density at radius 1 is 1.50 bits per heavy atom. The molecular weight excluding hydrogens is 294 g/mol. The van der Waals surface area contributed by atoms with Crippen molar-refractivity contribution in [2.45, 2.75) is 6.54 Å². The van der Waals surface area contributed by atoms with E-state index in [1.807, 2.05) is 0 Å². The summed E-state index contributed by atoms with van der Waals surface area (Å²) >= 11 is 0. The van der Waals surface area contributed by atoms with Crippen molar-refractivity contribution in [2.75, 3.05) is 18.7 Å². The predicted molar refractivity (Wildman–Crippen MR) is 70.5 cm³/mol. The van der Waals surface area contributed by atoms with E-state index in [4.69, 9.17) is 25.2 Å². The van der Waals surface area contributed by atoms with Crippen LogP contribution >= 0.6 is 7.94 Å². The first kappa shape index (κ1) is 14.8. The van der Waals surface area contributed by atoms with Crippen molar-refractivity contribution in [2.24, 2.45) is 0 Å². The molecule has 0 unspecified atom stereocenters. The van der Waals surface area contributed by atoms with Gasteiger partial charge in [0, 0.05) is 0 Å². The number of nitrogens with one attached hydrogen (secondary N) is 1. The molecule has 20 heavy (non-hydrogen) atoms. The van der Waals surface area contributed by atoms with Gasteiger partial charge in [0.1, 0.15) is 0 Å². The van der Waals surface area contributed by atoms with Crippen molar-refractivity contribution in [3.8, 4) is 0 Å². The van der Waals surface area contributed by atoms with E-state index in [1.54, 1.807) is 0 Å². The van der Waals surface area contributed by atoms with Crippen molar-refractivity contribution < 1.29 is 23.8 Å². The SMILES string of the molecule is Nc1nc2c(c(F)cn2CCOC[PH](O)(O)O)c(=O)[nH]1. The molecular formula is C9H14FN4O5P. The zero-order chi connectivity index (χ0) is 14.9. The third-order valence-corrected chi connectivity index (χ3v) is 3.06. The van der Waals surface area contributed by atoms with Crippen LogP contribution in [0.5, 0.6) is 0 Å². The second kappa shape index (κ2) is 5.43. The molecule has 2 aromatic heterocycles. The fourth-order valence-corrected chi connectivity index (χ4v) is 2.12. The van der Waals surface area contributed by atoms with Gasteiger partial charge in [-0.3, -0.25) is 0 Å². The number of nitrogen functional groups attached to an aromatic ring is 1. The molecule has 0 atom stereocenters. The van der Waals surface area contributed by atoms with Gasteiger partial charge < -0.3 is 0 Å². The van der Waals surface area contributed by atoms with Gasteiger partial charge in [-0.2, -0.15) is 0 Å². The summed E-state index contributed by atoms with van der Waals surface area (Å²) in [5.74, 6) is -0.890. The average molecular weight is 308 g/mol. The maximum atomic E-state index is 13.6. The molecule has 9 nitrogen and oxygen atoms in total. The number of anilines is 1. The minimum atomic E-state index is -4.26. The van der Waals surface area contributed by atoms with Gasteiger partial charge in [0.15, 0.2) is 0 Å². The van der Waals surface area contributed by atoms with Gasteiger partial charge in [-0.1, -0.05) is 0 Å². The van der Waals surface area contributed by atoms with Crippen LogP contribution in [0.4, 0.5) is 10.3 Å². The Hall–Kier alpha value is -1.58. The Morgan fingerprint density at radius 3 is 2.85 bits per heavy atom. The standard InChI is InChI=1S/C9H14FN4O5P/c10-5-3-14(1-2-19-4-20(16,17)18)7-6(5)8(15)13-9(11)12-7/h3,16-18,20H,1-2,4H2,(H3,11,12,13,15). The normalized spacial score (nSPS) is 13.0. The predicted octanol–water partition coefficient (Wildman–Crippen LogP) is -1.11. The van der Waals surface area contributed by atoms with E-state index in [1.165, 1.54) is 4.57 Å². The average Bonchev–Trinajstić information content (AvgIpc) is 2.60. The molecule has 0 saturated heterocycles. The molecule has 0 bridgehead atoms. The first-order chi connectivity index (χ1) is 9.28. The molecule has 0 fully saturated rings. The van der Waals surface area contributed by atoms with E-state index in [0.717, 1.165) is 6.20 Å². The molecule has 0 aliphatic heterocycles. The molecule has 0 radical (unpaired) electrons. The number of fused-ring (bicyclic) bond motifs is 1. The first-order valence-electron chi connectivity index (χ1n) is 5.57. The summed E-state index contributed by atoms with van der Waals surface area (Å²) in [6, 6.07) is 0. The fraction of sp³-hybridized carbons (Fsp3) is 0.333. The molecule has 0 amide bonds. The van der Waals surface area contributed by atoms with Crippen LogP contribution in [0, 0.1) is 5.82 Å². The van der Waals surface area contributed by atoms with Crippen molar-refractivity contribution in [3.05, 3.63) is 22.4 Å². The zero-order valence-corrected chi connectivity index (χ0v) is 11.2. The number of nitrogens with two attached hydrogens (primary N) is 1. The fourth-order valence-electron chi connectivity index (χ4n) is 1.71. The van der Waals surface area contributed by atoms with E-state index in [-0.39, 0.29) is 30.1 Å². The molecule has 2 aromatic rings. The quantitative estimate of drug-likeness (QED) is 0.347. The number of aromatic nitrogens is 3. The van der Waals surface area contributed by atoms with Gasteiger partial charge in [-0.25, -0.2) is 0 Å². The number of hydrogen-bond donors (Lipinski definition) is 5. The molecule has 112 valence electrons. The van der Waals surface area contributed by atoms with Crippen LogP contribution in [0.2, 0.25) is 0 Å². The summed E-state index contributed by atoms with van der Waals surface area (Å²) in [5.41, 5.74) is 4.77. The molecule has 11 heteroatoms. The van der Waals surface area contributed by atoms with Gasteiger partial charge in [-0.05, 0) is 0 Å². The van der Waals surface area contributed by atoms with Crippen molar-refractivity contribution in [3.63, 3.8) is 0 Å². The number of aromatic amines is 1. The van der Waals surface area contributed by atoms with Crippen LogP contribution in [0.1, 0.15) is 0 Å². The van der Waals surface area contributed by atoms with Crippen molar-refractivity contribution in [1.29, 1.82) is 0 Å². The topological polar surface area (TPSA) is 147 Å². The van der Waals surface area contributed by atoms with Crippen molar-refractivity contribution in [1.82, 2.24) is 14.5 Å². The minimum absolute atomic E-state index is 0.0337. The zero-order valence-electron chi connectivity index (χ0n) is 10.2. The van der Waals surface area contributed by atoms with Crippen LogP contribution in [0.25, 0.3) is 11.0 Å². The number of hydrogen-bond acceptors (Lipinski definition) is 7. The Balaban J connectivity index is 2.17. The van der Waals surface area contributed by atoms with Gasteiger partial charge in [0.2, 0.25) is 0 Å². The molecule has 2 heterocycles. The number of H-pyrrole nitrogens is 1. The Kier molecular flexibility index (Phi) is 4.02. The summed E-state index contributed by atoms with van der Waals surface area (Å²) in [6.07, 6.45) is 0.474. The maximum absolute atomic E-state index is 13.6. The number of halogens is 1. The van der Waals surface area contributed by atoms with Crippen LogP contribution < -0.4 is 11.3 Å². The van der Waals surface area contributed by atoms with E-state index in [2.05, 4.69) is 9.97 Å². The third kappa shape index (κ3) is 3.30. The van der Waals surface area contributed by atoms with Crippen LogP contribution in [0.3, 0.4) is 0 Å². The van der Waals surface area contributed by atoms with E-state index in [9.17, 15) is 9.18 Å². The number of rotatable bonds is 5. The number of nitrogens with zero attached hydrogens (tertiary/aromatic N) is 2. The molecule has 0 saturated carbocycles. The van der Waals surface area contributed by atoms with Crippen molar-refractivity contribution >= 4 is 24.9 Å². The van der Waals surface area contributed by atoms with E-state index < -0.39 is 25.7 Å². The summed E-state index contributed by atoms with van der Waals surface area (Å²) in [5, 5.41) is -0.214. The van der Waals surface area contributed by atoms with E-state index >= 15 is 0 Å². The Labute approximate surface area is 112 Å². The molecule has 0 aliphatic rings. The van der Waals surface area contributed by atoms with E-state index in [0.29, 0.717) is 0 Å². The molecule has 0 aliphatic carbocycles. The van der Waals surface area contributed by atoms with Crippen LogP contribution in [-0.4, -0.2) is 42.2 Å².